The van der Waals surface area contributed by atoms with Gasteiger partial charge in [-0.2, -0.15) is 18.4 Å². The van der Waals surface area contributed by atoms with Crippen LogP contribution in [0.5, 0.6) is 0 Å². The number of likely N-dealkylation sites (N-methyl/N-ethyl adjacent to an activating group) is 1. The van der Waals surface area contributed by atoms with Crippen LogP contribution < -0.4 is 15.5 Å². The summed E-state index contributed by atoms with van der Waals surface area (Å²) in [4.78, 5) is 16.4. The summed E-state index contributed by atoms with van der Waals surface area (Å²) in [6.45, 7) is 10.2. The van der Waals surface area contributed by atoms with E-state index in [2.05, 4.69) is 22.1 Å². The van der Waals surface area contributed by atoms with E-state index >= 15 is 0 Å². The van der Waals surface area contributed by atoms with Gasteiger partial charge in [0.05, 0.1) is 17.2 Å². The maximum Gasteiger partial charge on any atom is 0.417 e. The molecule has 1 aromatic rings. The SMILES string of the molecule is C=C(/C=C\C(=C/C)CN1CCN(c2ccc(C#N)c(C(F)(F)F)c2)CC1)C1=C(C(=O)NC)CCCN1. The highest BCUT2D eigenvalue weighted by Crippen LogP contribution is 2.34. The third kappa shape index (κ3) is 6.58. The minimum absolute atomic E-state index is 0.0968. The lowest BCUT2D eigenvalue weighted by Crippen LogP contribution is -2.46. The van der Waals surface area contributed by atoms with Crippen molar-refractivity contribution in [2.45, 2.75) is 25.9 Å². The Bertz CT molecular complexity index is 1120. The normalized spacial score (nSPS) is 17.7. The molecule has 1 saturated heterocycles. The molecule has 36 heavy (non-hydrogen) atoms. The summed E-state index contributed by atoms with van der Waals surface area (Å²) in [6.07, 6.45) is 2.97. The molecule has 0 aromatic heterocycles. The number of alkyl halides is 3. The molecule has 9 heteroatoms. The van der Waals surface area contributed by atoms with Crippen molar-refractivity contribution in [1.29, 1.82) is 5.26 Å². The zero-order valence-electron chi connectivity index (χ0n) is 20.7. The molecule has 1 fully saturated rings. The second kappa shape index (κ2) is 12.0. The molecular weight excluding hydrogens is 467 g/mol. The van der Waals surface area contributed by atoms with Gasteiger partial charge in [-0.25, -0.2) is 0 Å². The van der Waals surface area contributed by atoms with Crippen molar-refractivity contribution in [3.63, 3.8) is 0 Å². The van der Waals surface area contributed by atoms with Gasteiger partial charge in [0.2, 0.25) is 5.91 Å². The average molecular weight is 500 g/mol. The molecule has 2 aliphatic rings. The molecule has 0 atom stereocenters. The first-order chi connectivity index (χ1) is 17.2. The highest BCUT2D eigenvalue weighted by Gasteiger charge is 2.34. The predicted molar refractivity (Wildman–Crippen MR) is 135 cm³/mol. The standard InChI is InChI=1S/C27H32F3N5O/c1-4-20(8-7-19(2)25-23(26(36)32-3)6-5-11-33-25)18-34-12-14-35(15-13-34)22-10-9-21(17-31)24(16-22)27(28,29)30/h4,7-10,16,33H,2,5-6,11-15,18H2,1,3H3,(H,32,36)/b8-7-,20-4+. The Balaban J connectivity index is 1.61. The quantitative estimate of drug-likeness (QED) is 0.552. The fraction of sp³-hybridized carbons (Fsp3) is 0.407. The minimum Gasteiger partial charge on any atom is -0.384 e. The number of allylic oxidation sites excluding steroid dienone is 2. The van der Waals surface area contributed by atoms with E-state index in [0.29, 0.717) is 50.4 Å². The van der Waals surface area contributed by atoms with Crippen LogP contribution in [-0.2, 0) is 11.0 Å². The van der Waals surface area contributed by atoms with Gasteiger partial charge in [0.15, 0.2) is 0 Å². The van der Waals surface area contributed by atoms with Crippen LogP contribution in [0.15, 0.2) is 65.4 Å². The molecule has 2 heterocycles. The molecule has 2 aliphatic heterocycles. The Morgan fingerprint density at radius 1 is 1.25 bits per heavy atom. The Labute approximate surface area is 210 Å². The van der Waals surface area contributed by atoms with Crippen LogP contribution in [0.3, 0.4) is 0 Å². The van der Waals surface area contributed by atoms with Gasteiger partial charge in [0.25, 0.3) is 0 Å². The van der Waals surface area contributed by atoms with E-state index in [1.807, 2.05) is 30.1 Å². The van der Waals surface area contributed by atoms with Crippen LogP contribution >= 0.6 is 0 Å². The third-order valence-electron chi connectivity index (χ3n) is 6.47. The number of anilines is 1. The fourth-order valence-electron chi connectivity index (χ4n) is 4.41. The smallest absolute Gasteiger partial charge is 0.384 e. The maximum absolute atomic E-state index is 13.3. The van der Waals surface area contributed by atoms with Crippen molar-refractivity contribution in [3.05, 3.63) is 76.5 Å². The van der Waals surface area contributed by atoms with Gasteiger partial charge in [-0.05, 0) is 49.1 Å². The summed E-state index contributed by atoms with van der Waals surface area (Å²) in [5.74, 6) is -0.0968. The maximum atomic E-state index is 13.3. The third-order valence-corrected chi connectivity index (χ3v) is 6.47. The van der Waals surface area contributed by atoms with Crippen molar-refractivity contribution in [3.8, 4) is 6.07 Å². The van der Waals surface area contributed by atoms with Crippen LogP contribution in [0.1, 0.15) is 30.9 Å². The number of carbonyl (C=O) groups is 1. The number of piperazine rings is 1. The molecule has 1 aromatic carbocycles. The molecule has 2 N–H and O–H groups in total. The van der Waals surface area contributed by atoms with Crippen molar-refractivity contribution < 1.29 is 18.0 Å². The summed E-state index contributed by atoms with van der Waals surface area (Å²) in [6, 6.07) is 5.52. The number of nitriles is 1. The Morgan fingerprint density at radius 2 is 1.97 bits per heavy atom. The lowest BCUT2D eigenvalue weighted by Gasteiger charge is -2.36. The van der Waals surface area contributed by atoms with E-state index in [4.69, 9.17) is 5.26 Å². The van der Waals surface area contributed by atoms with E-state index in [1.54, 1.807) is 19.2 Å². The molecule has 0 saturated carbocycles. The number of halogens is 3. The molecular formula is C27H32F3N5O. The Morgan fingerprint density at radius 3 is 2.58 bits per heavy atom. The highest BCUT2D eigenvalue weighted by molar-refractivity contribution is 5.95. The van der Waals surface area contributed by atoms with Gasteiger partial charge in [-0.3, -0.25) is 9.69 Å². The molecule has 192 valence electrons. The molecule has 1 amide bonds. The Hall–Kier alpha value is -3.51. The first kappa shape index (κ1) is 27.1. The average Bonchev–Trinajstić information content (AvgIpc) is 2.89. The first-order valence-electron chi connectivity index (χ1n) is 12.0. The molecule has 0 spiro atoms. The fourth-order valence-corrected chi connectivity index (χ4v) is 4.41. The summed E-state index contributed by atoms with van der Waals surface area (Å²) in [7, 11) is 1.62. The molecule has 6 nitrogen and oxygen atoms in total. The summed E-state index contributed by atoms with van der Waals surface area (Å²) < 4.78 is 40.0. The lowest BCUT2D eigenvalue weighted by molar-refractivity contribution is -0.137. The molecule has 0 unspecified atom stereocenters. The second-order valence-electron chi connectivity index (χ2n) is 8.79. The van der Waals surface area contributed by atoms with Gasteiger partial charge in [-0.15, -0.1) is 0 Å². The second-order valence-corrected chi connectivity index (χ2v) is 8.79. The van der Waals surface area contributed by atoms with Gasteiger partial charge in [0.1, 0.15) is 0 Å². The van der Waals surface area contributed by atoms with Gasteiger partial charge in [0, 0.05) is 63.3 Å². The van der Waals surface area contributed by atoms with Crippen LogP contribution in [0.25, 0.3) is 0 Å². The number of benzene rings is 1. The highest BCUT2D eigenvalue weighted by atomic mass is 19.4. The summed E-state index contributed by atoms with van der Waals surface area (Å²) in [5, 5.41) is 15.0. The van der Waals surface area contributed by atoms with E-state index in [9.17, 15) is 18.0 Å². The topological polar surface area (TPSA) is 71.4 Å². The molecule has 3 rings (SSSR count). The van der Waals surface area contributed by atoms with Gasteiger partial charge in [-0.1, -0.05) is 24.8 Å². The van der Waals surface area contributed by atoms with Gasteiger partial charge >= 0.3 is 6.18 Å². The number of hydrogen-bond acceptors (Lipinski definition) is 5. The largest absolute Gasteiger partial charge is 0.417 e. The molecule has 0 bridgehead atoms. The van der Waals surface area contributed by atoms with Gasteiger partial charge < -0.3 is 15.5 Å². The number of rotatable bonds is 7. The van der Waals surface area contributed by atoms with Crippen LogP contribution in [0.2, 0.25) is 0 Å². The van der Waals surface area contributed by atoms with Crippen molar-refractivity contribution in [2.24, 2.45) is 0 Å². The summed E-state index contributed by atoms with van der Waals surface area (Å²) in [5.41, 5.74) is 2.54. The monoisotopic (exact) mass is 499 g/mol. The molecule has 0 aliphatic carbocycles. The predicted octanol–water partition coefficient (Wildman–Crippen LogP) is 4.14. The van der Waals surface area contributed by atoms with Crippen molar-refractivity contribution in [2.75, 3.05) is 51.2 Å². The zero-order chi connectivity index (χ0) is 26.3. The number of carbonyl (C=O) groups excluding carboxylic acids is 1. The van der Waals surface area contributed by atoms with Crippen molar-refractivity contribution >= 4 is 11.6 Å². The minimum atomic E-state index is -4.57. The Kier molecular flexibility index (Phi) is 8.99. The number of hydrogen-bond donors (Lipinski definition) is 2. The van der Waals surface area contributed by atoms with Crippen LogP contribution in [0.4, 0.5) is 18.9 Å². The number of nitrogens with zero attached hydrogens (tertiary/aromatic N) is 3. The van der Waals surface area contributed by atoms with E-state index in [1.165, 1.54) is 6.07 Å². The van der Waals surface area contributed by atoms with Crippen LogP contribution in [-0.4, -0.2) is 57.1 Å². The van der Waals surface area contributed by atoms with Crippen molar-refractivity contribution in [1.82, 2.24) is 15.5 Å². The zero-order valence-corrected chi connectivity index (χ0v) is 20.7. The summed E-state index contributed by atoms with van der Waals surface area (Å²) >= 11 is 0. The number of amides is 1. The van der Waals surface area contributed by atoms with E-state index < -0.39 is 11.7 Å². The first-order valence-corrected chi connectivity index (χ1v) is 12.0. The lowest BCUT2D eigenvalue weighted by atomic mass is 9.98. The molecule has 0 radical (unpaired) electrons. The number of nitrogens with one attached hydrogen (secondary N) is 2. The van der Waals surface area contributed by atoms with E-state index in [0.717, 1.165) is 35.9 Å². The van der Waals surface area contributed by atoms with E-state index in [-0.39, 0.29) is 11.5 Å². The van der Waals surface area contributed by atoms with Crippen LogP contribution in [0, 0.1) is 11.3 Å².